The number of benzene rings is 1. The van der Waals surface area contributed by atoms with Crippen molar-refractivity contribution in [3.05, 3.63) is 22.8 Å². The second-order valence-electron chi connectivity index (χ2n) is 6.13. The lowest BCUT2D eigenvalue weighted by Gasteiger charge is -2.17. The molecule has 1 saturated heterocycles. The molecule has 0 radical (unpaired) electrons. The van der Waals surface area contributed by atoms with E-state index in [2.05, 4.69) is 16.7 Å². The van der Waals surface area contributed by atoms with Gasteiger partial charge >= 0.3 is 0 Å². The van der Waals surface area contributed by atoms with Gasteiger partial charge in [-0.15, -0.1) is 0 Å². The van der Waals surface area contributed by atoms with Crippen LogP contribution in [-0.2, 0) is 10.0 Å². The van der Waals surface area contributed by atoms with Crippen molar-refractivity contribution in [2.45, 2.75) is 32.1 Å². The van der Waals surface area contributed by atoms with E-state index in [1.807, 2.05) is 19.9 Å². The molecular formula is C15H25N3O2S. The minimum Gasteiger partial charge on any atom is -0.398 e. The molecule has 2 rings (SSSR count). The average molecular weight is 311 g/mol. The number of hydrogen-bond donors (Lipinski definition) is 2. The first-order valence-electron chi connectivity index (χ1n) is 7.27. The van der Waals surface area contributed by atoms with E-state index in [1.54, 1.807) is 6.92 Å². The number of likely N-dealkylation sites (tertiary alicyclic amines) is 1. The Morgan fingerprint density at radius 1 is 1.33 bits per heavy atom. The third kappa shape index (κ3) is 3.39. The van der Waals surface area contributed by atoms with E-state index in [9.17, 15) is 8.42 Å². The summed E-state index contributed by atoms with van der Waals surface area (Å²) in [7, 11) is -1.46. The summed E-state index contributed by atoms with van der Waals surface area (Å²) in [6, 6.07) is 1.83. The summed E-state index contributed by atoms with van der Waals surface area (Å²) in [6.07, 6.45) is 1.03. The molecule has 0 spiro atoms. The lowest BCUT2D eigenvalue weighted by molar-refractivity contribution is 0.394. The van der Waals surface area contributed by atoms with Gasteiger partial charge in [-0.25, -0.2) is 13.1 Å². The summed E-state index contributed by atoms with van der Waals surface area (Å²) < 4.78 is 28.0. The highest BCUT2D eigenvalue weighted by Gasteiger charge is 2.25. The van der Waals surface area contributed by atoms with Crippen molar-refractivity contribution in [1.82, 2.24) is 9.62 Å². The highest BCUT2D eigenvalue weighted by Crippen LogP contribution is 2.28. The van der Waals surface area contributed by atoms with E-state index in [4.69, 9.17) is 5.73 Å². The van der Waals surface area contributed by atoms with E-state index in [-0.39, 0.29) is 0 Å². The summed E-state index contributed by atoms with van der Waals surface area (Å²) in [5.74, 6) is 0.382. The molecule has 6 heteroatoms. The molecule has 0 saturated carbocycles. The number of hydrogen-bond acceptors (Lipinski definition) is 4. The molecule has 0 aromatic heterocycles. The van der Waals surface area contributed by atoms with Crippen LogP contribution < -0.4 is 10.5 Å². The van der Waals surface area contributed by atoms with Crippen LogP contribution in [0, 0.1) is 26.7 Å². The van der Waals surface area contributed by atoms with Gasteiger partial charge in [0.15, 0.2) is 0 Å². The second-order valence-corrected chi connectivity index (χ2v) is 7.83. The Morgan fingerprint density at radius 3 is 2.57 bits per heavy atom. The van der Waals surface area contributed by atoms with Crippen molar-refractivity contribution in [1.29, 1.82) is 0 Å². The first-order valence-corrected chi connectivity index (χ1v) is 8.75. The molecule has 0 bridgehead atoms. The van der Waals surface area contributed by atoms with E-state index >= 15 is 0 Å². The molecule has 5 nitrogen and oxygen atoms in total. The zero-order chi connectivity index (χ0) is 15.8. The molecule has 1 aromatic carbocycles. The number of nitrogens with one attached hydrogen (secondary N) is 1. The Labute approximate surface area is 127 Å². The van der Waals surface area contributed by atoms with Crippen molar-refractivity contribution in [3.63, 3.8) is 0 Å². The molecule has 1 aromatic rings. The van der Waals surface area contributed by atoms with Crippen molar-refractivity contribution in [3.8, 4) is 0 Å². The van der Waals surface area contributed by atoms with E-state index < -0.39 is 10.0 Å². The smallest absolute Gasteiger partial charge is 0.241 e. The fraction of sp³-hybridized carbons (Fsp3) is 0.600. The highest BCUT2D eigenvalue weighted by atomic mass is 32.2. The minimum absolute atomic E-state index is 0.339. The van der Waals surface area contributed by atoms with Crippen LogP contribution in [0.3, 0.4) is 0 Å². The number of nitrogens with two attached hydrogens (primary N) is 1. The van der Waals surface area contributed by atoms with Crippen LogP contribution in [0.2, 0.25) is 0 Å². The molecule has 1 aliphatic heterocycles. The number of nitrogen functional groups attached to an aromatic ring is 1. The quantitative estimate of drug-likeness (QED) is 0.825. The molecule has 1 fully saturated rings. The Kier molecular flexibility index (Phi) is 4.60. The predicted octanol–water partition coefficient (Wildman–Crippen LogP) is 1.42. The molecule has 21 heavy (non-hydrogen) atoms. The van der Waals surface area contributed by atoms with Gasteiger partial charge in [0.2, 0.25) is 10.0 Å². The van der Waals surface area contributed by atoms with Gasteiger partial charge < -0.3 is 10.6 Å². The van der Waals surface area contributed by atoms with Gasteiger partial charge in [0.05, 0.1) is 4.90 Å². The maximum atomic E-state index is 12.6. The molecule has 1 unspecified atom stereocenters. The monoisotopic (exact) mass is 311 g/mol. The van der Waals surface area contributed by atoms with Gasteiger partial charge in [-0.3, -0.25) is 0 Å². The van der Waals surface area contributed by atoms with Crippen LogP contribution in [-0.4, -0.2) is 40.0 Å². The van der Waals surface area contributed by atoms with Crippen LogP contribution in [0.15, 0.2) is 11.0 Å². The van der Waals surface area contributed by atoms with Crippen molar-refractivity contribution in [2.24, 2.45) is 5.92 Å². The zero-order valence-electron chi connectivity index (χ0n) is 13.2. The maximum Gasteiger partial charge on any atom is 0.241 e. The molecule has 1 aliphatic rings. The van der Waals surface area contributed by atoms with E-state index in [0.717, 1.165) is 30.6 Å². The Hall–Kier alpha value is -1.11. The van der Waals surface area contributed by atoms with Crippen LogP contribution in [0.5, 0.6) is 0 Å². The second kappa shape index (κ2) is 5.94. The SMILES string of the molecule is Cc1cc(N)c(C)c(S(=O)(=O)NCC2CCN(C)C2)c1C. The number of nitrogens with zero attached hydrogens (tertiary/aromatic N) is 1. The molecule has 1 atom stereocenters. The van der Waals surface area contributed by atoms with E-state index in [0.29, 0.717) is 28.6 Å². The molecule has 118 valence electrons. The highest BCUT2D eigenvalue weighted by molar-refractivity contribution is 7.89. The van der Waals surface area contributed by atoms with Gasteiger partial charge in [-0.2, -0.15) is 0 Å². The molecule has 1 heterocycles. The van der Waals surface area contributed by atoms with E-state index in [1.165, 1.54) is 0 Å². The fourth-order valence-corrected chi connectivity index (χ4v) is 4.62. The number of rotatable bonds is 4. The van der Waals surface area contributed by atoms with Crippen molar-refractivity contribution < 1.29 is 8.42 Å². The van der Waals surface area contributed by atoms with Crippen molar-refractivity contribution in [2.75, 3.05) is 32.4 Å². The zero-order valence-corrected chi connectivity index (χ0v) is 14.0. The standard InChI is InChI=1S/C15H25N3O2S/c1-10-7-14(16)12(3)15(11(10)2)21(19,20)17-8-13-5-6-18(4)9-13/h7,13,17H,5-6,8-9,16H2,1-4H3. The summed E-state index contributed by atoms with van der Waals surface area (Å²) in [4.78, 5) is 2.56. The average Bonchev–Trinajstić information content (AvgIpc) is 2.80. The summed E-state index contributed by atoms with van der Waals surface area (Å²) >= 11 is 0. The first-order chi connectivity index (χ1) is 9.72. The molecule has 0 amide bonds. The summed E-state index contributed by atoms with van der Waals surface area (Å²) in [5, 5.41) is 0. The Bertz CT molecular complexity index is 615. The van der Waals surface area contributed by atoms with Gasteiger partial charge in [0.1, 0.15) is 0 Å². The molecule has 3 N–H and O–H groups in total. The third-order valence-corrected chi connectivity index (χ3v) is 6.09. The maximum absolute atomic E-state index is 12.6. The van der Waals surface area contributed by atoms with Crippen LogP contribution in [0.25, 0.3) is 0 Å². The van der Waals surface area contributed by atoms with Crippen LogP contribution >= 0.6 is 0 Å². The summed E-state index contributed by atoms with van der Waals surface area (Å²) in [5.41, 5.74) is 8.76. The fourth-order valence-electron chi connectivity index (χ4n) is 2.94. The minimum atomic E-state index is -3.52. The molecule has 0 aliphatic carbocycles. The predicted molar refractivity (Wildman–Crippen MR) is 85.9 cm³/mol. The number of anilines is 1. The van der Waals surface area contributed by atoms with Crippen LogP contribution in [0.4, 0.5) is 5.69 Å². The largest absolute Gasteiger partial charge is 0.398 e. The third-order valence-electron chi connectivity index (χ3n) is 4.40. The van der Waals surface area contributed by atoms with Crippen LogP contribution in [0.1, 0.15) is 23.1 Å². The Balaban J connectivity index is 2.24. The van der Waals surface area contributed by atoms with Crippen molar-refractivity contribution >= 4 is 15.7 Å². The lowest BCUT2D eigenvalue weighted by Crippen LogP contribution is -2.31. The normalized spacial score (nSPS) is 20.1. The van der Waals surface area contributed by atoms with Gasteiger partial charge in [-0.05, 0) is 69.5 Å². The summed E-state index contributed by atoms with van der Waals surface area (Å²) in [6.45, 7) is 7.94. The van der Waals surface area contributed by atoms with Gasteiger partial charge in [-0.1, -0.05) is 0 Å². The lowest BCUT2D eigenvalue weighted by atomic mass is 10.1. The number of aryl methyl sites for hydroxylation is 1. The van der Waals surface area contributed by atoms with Gasteiger partial charge in [0, 0.05) is 18.8 Å². The first kappa shape index (κ1) is 16.3. The topological polar surface area (TPSA) is 75.4 Å². The number of sulfonamides is 1. The molecular weight excluding hydrogens is 286 g/mol. The Morgan fingerprint density at radius 2 is 2.00 bits per heavy atom. The van der Waals surface area contributed by atoms with Gasteiger partial charge in [0.25, 0.3) is 0 Å².